The van der Waals surface area contributed by atoms with Crippen LogP contribution in [0.3, 0.4) is 0 Å². The molecule has 0 saturated heterocycles. The fraction of sp³-hybridized carbons (Fsp3) is 0.167. The average molecular weight is 308 g/mol. The van der Waals surface area contributed by atoms with E-state index in [1.54, 1.807) is 25.3 Å². The molecule has 4 rings (SSSR count). The van der Waals surface area contributed by atoms with Gasteiger partial charge < -0.3 is 20.1 Å². The molecule has 0 bridgehead atoms. The molecular formula is C18H16N2O3. The first kappa shape index (κ1) is 13.8. The van der Waals surface area contributed by atoms with E-state index >= 15 is 0 Å². The average Bonchev–Trinajstić information content (AvgIpc) is 3.02. The van der Waals surface area contributed by atoms with Gasteiger partial charge in [-0.15, -0.1) is 0 Å². The van der Waals surface area contributed by atoms with Crippen LogP contribution in [-0.4, -0.2) is 23.1 Å². The molecule has 1 atom stereocenters. The lowest BCUT2D eigenvalue weighted by Gasteiger charge is -2.22. The lowest BCUT2D eigenvalue weighted by molar-refractivity contribution is -0.129. The molecule has 3 N–H and O–H groups in total. The van der Waals surface area contributed by atoms with Crippen molar-refractivity contribution in [2.45, 2.75) is 12.5 Å². The van der Waals surface area contributed by atoms with Crippen molar-refractivity contribution in [3.63, 3.8) is 0 Å². The Morgan fingerprint density at radius 1 is 1.17 bits per heavy atom. The van der Waals surface area contributed by atoms with Gasteiger partial charge in [-0.2, -0.15) is 0 Å². The molecule has 1 aliphatic heterocycles. The number of fused-ring (bicyclic) bond motifs is 2. The first-order chi connectivity index (χ1) is 11.1. The molecule has 0 aliphatic carbocycles. The van der Waals surface area contributed by atoms with Gasteiger partial charge in [-0.05, 0) is 31.2 Å². The molecular weight excluding hydrogens is 292 g/mol. The highest BCUT2D eigenvalue weighted by Crippen LogP contribution is 2.45. The molecule has 0 spiro atoms. The summed E-state index contributed by atoms with van der Waals surface area (Å²) in [5.41, 5.74) is 1.60. The van der Waals surface area contributed by atoms with Gasteiger partial charge in [0, 0.05) is 33.4 Å². The molecule has 1 unspecified atom stereocenters. The standard InChI is InChI=1S/C18H16N2O3/c1-10-16(12-5-3-4-6-14(12)19-10)18(22)13-9-11(23-2)7-8-15(13)20-17(18)21/h3-9,19,22H,1-2H3,(H,20,21). The Balaban J connectivity index is 2.04. The molecule has 0 radical (unpaired) electrons. The Hall–Kier alpha value is -2.79. The van der Waals surface area contributed by atoms with Crippen LogP contribution in [0.4, 0.5) is 5.69 Å². The van der Waals surface area contributed by atoms with Gasteiger partial charge in [-0.3, -0.25) is 4.79 Å². The maximum atomic E-state index is 12.6. The summed E-state index contributed by atoms with van der Waals surface area (Å²) in [7, 11) is 1.56. The van der Waals surface area contributed by atoms with Gasteiger partial charge in [0.15, 0.2) is 5.60 Å². The van der Waals surface area contributed by atoms with Crippen LogP contribution in [0, 0.1) is 6.92 Å². The van der Waals surface area contributed by atoms with Crippen LogP contribution < -0.4 is 10.1 Å². The molecule has 0 saturated carbocycles. The number of aromatic amines is 1. The van der Waals surface area contributed by atoms with Gasteiger partial charge in [0.1, 0.15) is 5.75 Å². The lowest BCUT2D eigenvalue weighted by Crippen LogP contribution is -2.35. The smallest absolute Gasteiger partial charge is 0.265 e. The van der Waals surface area contributed by atoms with Crippen LogP contribution in [0.1, 0.15) is 16.8 Å². The first-order valence-electron chi connectivity index (χ1n) is 7.36. The lowest BCUT2D eigenvalue weighted by atomic mass is 9.85. The third kappa shape index (κ3) is 1.74. The molecule has 2 aromatic carbocycles. The largest absolute Gasteiger partial charge is 0.497 e. The van der Waals surface area contributed by atoms with Crippen LogP contribution in [0.15, 0.2) is 42.5 Å². The number of aliphatic hydroxyl groups is 1. The van der Waals surface area contributed by atoms with E-state index in [0.29, 0.717) is 22.6 Å². The topological polar surface area (TPSA) is 74.3 Å². The number of benzene rings is 2. The number of aryl methyl sites for hydroxylation is 1. The van der Waals surface area contributed by atoms with E-state index < -0.39 is 11.5 Å². The van der Waals surface area contributed by atoms with Gasteiger partial charge in [0.05, 0.1) is 7.11 Å². The minimum atomic E-state index is -1.74. The summed E-state index contributed by atoms with van der Waals surface area (Å²) in [6, 6.07) is 12.8. The normalized spacial score (nSPS) is 19.7. The van der Waals surface area contributed by atoms with Gasteiger partial charge in [-0.25, -0.2) is 0 Å². The van der Waals surface area contributed by atoms with Crippen molar-refractivity contribution < 1.29 is 14.6 Å². The summed E-state index contributed by atoms with van der Waals surface area (Å²) in [4.78, 5) is 15.9. The monoisotopic (exact) mass is 308 g/mol. The SMILES string of the molecule is COc1ccc2c(c1)C(O)(c1c(C)[nH]c3ccccc13)C(=O)N2. The highest BCUT2D eigenvalue weighted by molar-refractivity contribution is 6.10. The Labute approximate surface area is 132 Å². The predicted octanol–water partition coefficient (Wildman–Crippen LogP) is 2.67. The fourth-order valence-electron chi connectivity index (χ4n) is 3.38. The Morgan fingerprint density at radius 2 is 1.96 bits per heavy atom. The van der Waals surface area contributed by atoms with Crippen LogP contribution in [0.5, 0.6) is 5.75 Å². The summed E-state index contributed by atoms with van der Waals surface area (Å²) in [6.07, 6.45) is 0. The van der Waals surface area contributed by atoms with Crippen molar-refractivity contribution >= 4 is 22.5 Å². The second kappa shape index (κ2) is 4.60. The first-order valence-corrected chi connectivity index (χ1v) is 7.36. The van der Waals surface area contributed by atoms with Gasteiger partial charge >= 0.3 is 0 Å². The number of para-hydroxylation sites is 1. The van der Waals surface area contributed by atoms with Gasteiger partial charge in [0.2, 0.25) is 0 Å². The summed E-state index contributed by atoms with van der Waals surface area (Å²) >= 11 is 0. The van der Waals surface area contributed by atoms with Crippen molar-refractivity contribution in [1.29, 1.82) is 0 Å². The molecule has 2 heterocycles. The van der Waals surface area contributed by atoms with Gasteiger partial charge in [-0.1, -0.05) is 18.2 Å². The summed E-state index contributed by atoms with van der Waals surface area (Å²) in [6.45, 7) is 1.86. The zero-order valence-electron chi connectivity index (χ0n) is 12.8. The van der Waals surface area contributed by atoms with Crippen molar-refractivity contribution in [2.75, 3.05) is 12.4 Å². The molecule has 23 heavy (non-hydrogen) atoms. The van der Waals surface area contributed by atoms with E-state index in [4.69, 9.17) is 4.74 Å². The molecule has 1 aromatic heterocycles. The number of amides is 1. The van der Waals surface area contributed by atoms with E-state index in [9.17, 15) is 9.90 Å². The zero-order valence-corrected chi connectivity index (χ0v) is 12.8. The number of methoxy groups -OCH3 is 1. The Bertz CT molecular complexity index is 945. The maximum absolute atomic E-state index is 12.6. The fourth-order valence-corrected chi connectivity index (χ4v) is 3.38. The number of carbonyl (C=O) groups is 1. The third-order valence-corrected chi connectivity index (χ3v) is 4.45. The summed E-state index contributed by atoms with van der Waals surface area (Å²) < 4.78 is 5.25. The molecule has 1 amide bonds. The van der Waals surface area contributed by atoms with Crippen LogP contribution in [-0.2, 0) is 10.4 Å². The van der Waals surface area contributed by atoms with E-state index in [2.05, 4.69) is 10.3 Å². The maximum Gasteiger partial charge on any atom is 0.265 e. The minimum Gasteiger partial charge on any atom is -0.497 e. The number of hydrogen-bond acceptors (Lipinski definition) is 3. The number of nitrogens with one attached hydrogen (secondary N) is 2. The predicted molar refractivity (Wildman–Crippen MR) is 87.7 cm³/mol. The highest BCUT2D eigenvalue weighted by atomic mass is 16.5. The number of carbonyl (C=O) groups excluding carboxylic acids is 1. The van der Waals surface area contributed by atoms with Crippen LogP contribution in [0.25, 0.3) is 10.9 Å². The number of H-pyrrole nitrogens is 1. The molecule has 0 fully saturated rings. The van der Waals surface area contributed by atoms with E-state index in [1.165, 1.54) is 0 Å². The summed E-state index contributed by atoms with van der Waals surface area (Å²) in [5.74, 6) is 0.143. The number of rotatable bonds is 2. The highest BCUT2D eigenvalue weighted by Gasteiger charge is 2.49. The minimum absolute atomic E-state index is 0.450. The van der Waals surface area contributed by atoms with Crippen molar-refractivity contribution in [3.8, 4) is 5.75 Å². The van der Waals surface area contributed by atoms with Crippen LogP contribution >= 0.6 is 0 Å². The molecule has 116 valence electrons. The number of hydrogen-bond donors (Lipinski definition) is 3. The second-order valence-electron chi connectivity index (χ2n) is 5.75. The van der Waals surface area contributed by atoms with Crippen molar-refractivity contribution in [2.24, 2.45) is 0 Å². The molecule has 5 nitrogen and oxygen atoms in total. The Morgan fingerprint density at radius 3 is 2.74 bits per heavy atom. The quantitative estimate of drug-likeness (QED) is 0.681. The van der Waals surface area contributed by atoms with Gasteiger partial charge in [0.25, 0.3) is 5.91 Å². The number of aromatic nitrogens is 1. The molecule has 1 aliphatic rings. The summed E-state index contributed by atoms with van der Waals surface area (Å²) in [5, 5.41) is 15.0. The third-order valence-electron chi connectivity index (χ3n) is 4.45. The van der Waals surface area contributed by atoms with E-state index in [0.717, 1.165) is 16.6 Å². The second-order valence-corrected chi connectivity index (χ2v) is 5.75. The Kier molecular flexibility index (Phi) is 2.77. The van der Waals surface area contributed by atoms with Crippen molar-refractivity contribution in [1.82, 2.24) is 4.98 Å². The van der Waals surface area contributed by atoms with Crippen molar-refractivity contribution in [3.05, 3.63) is 59.3 Å². The molecule has 5 heteroatoms. The number of ether oxygens (including phenoxy) is 1. The van der Waals surface area contributed by atoms with Crippen LogP contribution in [0.2, 0.25) is 0 Å². The molecule has 3 aromatic rings. The van der Waals surface area contributed by atoms with E-state index in [-0.39, 0.29) is 0 Å². The number of anilines is 1. The van der Waals surface area contributed by atoms with E-state index in [1.807, 2.05) is 31.2 Å². The zero-order chi connectivity index (χ0) is 16.2.